The number of benzene rings is 2. The number of halogens is 3. The molecular weight excluding hydrogens is 595 g/mol. The maximum Gasteiger partial charge on any atom is 0.178 e. The largest absolute Gasteiger partial charge is 0.492 e. The van der Waals surface area contributed by atoms with E-state index in [0.29, 0.717) is 23.0 Å². The molecule has 150 valence electrons. The smallest absolute Gasteiger partial charge is 0.178 e. The third-order valence-electron chi connectivity index (χ3n) is 3.97. The van der Waals surface area contributed by atoms with Crippen LogP contribution in [0.5, 0.6) is 23.0 Å². The molecule has 0 aromatic heterocycles. The zero-order valence-corrected chi connectivity index (χ0v) is 21.0. The van der Waals surface area contributed by atoms with E-state index in [1.54, 1.807) is 28.4 Å². The fraction of sp³-hybridized carbons (Fsp3) is 0.368. The van der Waals surface area contributed by atoms with Crippen LogP contribution in [-0.2, 0) is 6.42 Å². The standard InChI is InChI=1S/C19H23I2NO4.ClH/c1-10(22)9-11-7-6-8-12(14(11)20)13-16(23-2)18(25-4)15(21)19(26-5)17(13)24-3;/h6-8,10H,9,22H2,1-5H3;1H. The van der Waals surface area contributed by atoms with Crippen LogP contribution in [0.1, 0.15) is 12.5 Å². The van der Waals surface area contributed by atoms with Gasteiger partial charge in [0.15, 0.2) is 23.0 Å². The van der Waals surface area contributed by atoms with Gasteiger partial charge >= 0.3 is 0 Å². The monoisotopic (exact) mass is 619 g/mol. The van der Waals surface area contributed by atoms with Gasteiger partial charge in [-0.2, -0.15) is 0 Å². The van der Waals surface area contributed by atoms with Crippen LogP contribution in [0.2, 0.25) is 0 Å². The lowest BCUT2D eigenvalue weighted by atomic mass is 9.97. The molecule has 0 fully saturated rings. The zero-order valence-electron chi connectivity index (χ0n) is 15.9. The maximum atomic E-state index is 6.01. The molecule has 0 aliphatic heterocycles. The van der Waals surface area contributed by atoms with Crippen molar-refractivity contribution in [2.75, 3.05) is 28.4 Å². The Balaban J connectivity index is 0.00000364. The van der Waals surface area contributed by atoms with E-state index >= 15 is 0 Å². The topological polar surface area (TPSA) is 62.9 Å². The first-order valence-electron chi connectivity index (χ1n) is 7.99. The van der Waals surface area contributed by atoms with Crippen LogP contribution in [0.25, 0.3) is 11.1 Å². The summed E-state index contributed by atoms with van der Waals surface area (Å²) in [5.41, 5.74) is 8.99. The van der Waals surface area contributed by atoms with Crippen molar-refractivity contribution in [3.05, 3.63) is 30.9 Å². The predicted molar refractivity (Wildman–Crippen MR) is 128 cm³/mol. The second-order valence-electron chi connectivity index (χ2n) is 5.78. The van der Waals surface area contributed by atoms with Gasteiger partial charge in [-0.1, -0.05) is 18.2 Å². The van der Waals surface area contributed by atoms with Gasteiger partial charge < -0.3 is 24.7 Å². The van der Waals surface area contributed by atoms with Crippen molar-refractivity contribution in [3.8, 4) is 34.1 Å². The lowest BCUT2D eigenvalue weighted by molar-refractivity contribution is 0.327. The first kappa shape index (κ1) is 24.4. The highest BCUT2D eigenvalue weighted by atomic mass is 127. The molecule has 1 unspecified atom stereocenters. The van der Waals surface area contributed by atoms with Crippen LogP contribution < -0.4 is 24.7 Å². The van der Waals surface area contributed by atoms with E-state index in [1.165, 1.54) is 5.56 Å². The summed E-state index contributed by atoms with van der Waals surface area (Å²) in [4.78, 5) is 0. The molecule has 0 bridgehead atoms. The van der Waals surface area contributed by atoms with E-state index in [0.717, 1.165) is 24.7 Å². The Labute approximate surface area is 194 Å². The molecule has 2 N–H and O–H groups in total. The van der Waals surface area contributed by atoms with Crippen LogP contribution in [0.3, 0.4) is 0 Å². The highest BCUT2D eigenvalue weighted by Crippen LogP contribution is 2.54. The van der Waals surface area contributed by atoms with E-state index in [9.17, 15) is 0 Å². The summed E-state index contributed by atoms with van der Waals surface area (Å²) in [5.74, 6) is 2.47. The first-order chi connectivity index (χ1) is 12.4. The van der Waals surface area contributed by atoms with E-state index in [4.69, 9.17) is 24.7 Å². The Bertz CT molecular complexity index is 767. The van der Waals surface area contributed by atoms with Gasteiger partial charge in [0.2, 0.25) is 0 Å². The maximum absolute atomic E-state index is 6.01. The van der Waals surface area contributed by atoms with Gasteiger partial charge in [0.1, 0.15) is 3.57 Å². The highest BCUT2D eigenvalue weighted by Gasteiger charge is 2.28. The number of hydrogen-bond acceptors (Lipinski definition) is 5. The van der Waals surface area contributed by atoms with Gasteiger partial charge in [-0.05, 0) is 64.1 Å². The fourth-order valence-electron chi connectivity index (χ4n) is 2.91. The van der Waals surface area contributed by atoms with Gasteiger partial charge in [-0.3, -0.25) is 0 Å². The molecular formula is C19H24ClI2NO4. The van der Waals surface area contributed by atoms with E-state index in [2.05, 4.69) is 51.2 Å². The van der Waals surface area contributed by atoms with Gasteiger partial charge in [0.05, 0.1) is 34.0 Å². The minimum absolute atomic E-state index is 0. The number of rotatable bonds is 7. The summed E-state index contributed by atoms with van der Waals surface area (Å²) in [7, 11) is 6.49. The predicted octanol–water partition coefficient (Wildman–Crippen LogP) is 4.91. The Morgan fingerprint density at radius 2 is 1.33 bits per heavy atom. The molecule has 0 aliphatic rings. The molecule has 0 spiro atoms. The number of ether oxygens (including phenoxy) is 4. The summed E-state index contributed by atoms with van der Waals surface area (Å²) in [6.07, 6.45) is 0.787. The Hall–Kier alpha value is -0.650. The van der Waals surface area contributed by atoms with E-state index < -0.39 is 0 Å². The van der Waals surface area contributed by atoms with Crippen LogP contribution in [0.15, 0.2) is 18.2 Å². The summed E-state index contributed by atoms with van der Waals surface area (Å²) in [6, 6.07) is 6.22. The quantitative estimate of drug-likeness (QED) is 0.447. The van der Waals surface area contributed by atoms with Crippen molar-refractivity contribution in [2.24, 2.45) is 5.73 Å². The molecule has 2 aromatic carbocycles. The van der Waals surface area contributed by atoms with Gasteiger partial charge in [0, 0.05) is 15.2 Å². The molecule has 27 heavy (non-hydrogen) atoms. The number of nitrogens with two attached hydrogens (primary N) is 1. The molecule has 2 rings (SSSR count). The lowest BCUT2D eigenvalue weighted by Crippen LogP contribution is -2.18. The molecule has 0 amide bonds. The number of methoxy groups -OCH3 is 4. The second-order valence-corrected chi connectivity index (χ2v) is 7.94. The van der Waals surface area contributed by atoms with Crippen molar-refractivity contribution >= 4 is 57.6 Å². The van der Waals surface area contributed by atoms with Crippen molar-refractivity contribution in [1.82, 2.24) is 0 Å². The molecule has 0 radical (unpaired) electrons. The van der Waals surface area contributed by atoms with Gasteiger partial charge in [-0.25, -0.2) is 0 Å². The second kappa shape index (κ2) is 10.8. The van der Waals surface area contributed by atoms with Gasteiger partial charge in [-0.15, -0.1) is 12.4 Å². The Morgan fingerprint density at radius 1 is 0.852 bits per heavy atom. The molecule has 8 heteroatoms. The van der Waals surface area contributed by atoms with E-state index in [-0.39, 0.29) is 18.4 Å². The summed E-state index contributed by atoms with van der Waals surface area (Å²) in [5, 5.41) is 0. The van der Waals surface area contributed by atoms with Crippen LogP contribution in [-0.4, -0.2) is 34.5 Å². The SMILES string of the molecule is COc1c(I)c(OC)c(OC)c(-c2cccc(CC(C)N)c2I)c1OC.Cl. The van der Waals surface area contributed by atoms with Crippen molar-refractivity contribution < 1.29 is 18.9 Å². The summed E-state index contributed by atoms with van der Waals surface area (Å²) >= 11 is 4.53. The van der Waals surface area contributed by atoms with Crippen LogP contribution >= 0.6 is 57.6 Å². The molecule has 0 heterocycles. The number of hydrogen-bond donors (Lipinski definition) is 1. The van der Waals surface area contributed by atoms with Crippen molar-refractivity contribution in [2.45, 2.75) is 19.4 Å². The zero-order chi connectivity index (χ0) is 19.4. The molecule has 0 saturated heterocycles. The third kappa shape index (κ3) is 4.86. The minimum atomic E-state index is 0. The Kier molecular flexibility index (Phi) is 9.73. The average Bonchev–Trinajstić information content (AvgIpc) is 2.62. The van der Waals surface area contributed by atoms with E-state index in [1.807, 2.05) is 19.1 Å². The lowest BCUT2D eigenvalue weighted by Gasteiger charge is -2.22. The van der Waals surface area contributed by atoms with Crippen LogP contribution in [0, 0.1) is 7.14 Å². The summed E-state index contributed by atoms with van der Waals surface area (Å²) < 4.78 is 24.6. The normalized spacial score (nSPS) is 11.4. The van der Waals surface area contributed by atoms with Crippen molar-refractivity contribution in [1.29, 1.82) is 0 Å². The minimum Gasteiger partial charge on any atom is -0.492 e. The third-order valence-corrected chi connectivity index (χ3v) is 6.23. The average molecular weight is 620 g/mol. The summed E-state index contributed by atoms with van der Waals surface area (Å²) in [6.45, 7) is 2.00. The first-order valence-corrected chi connectivity index (χ1v) is 10.2. The molecule has 0 aliphatic carbocycles. The van der Waals surface area contributed by atoms with Gasteiger partial charge in [0.25, 0.3) is 0 Å². The Morgan fingerprint density at radius 3 is 1.74 bits per heavy atom. The molecule has 2 aromatic rings. The van der Waals surface area contributed by atoms with Crippen LogP contribution in [0.4, 0.5) is 0 Å². The van der Waals surface area contributed by atoms with Crippen molar-refractivity contribution in [3.63, 3.8) is 0 Å². The molecule has 5 nitrogen and oxygen atoms in total. The molecule has 1 atom stereocenters. The molecule has 0 saturated carbocycles. The fourth-order valence-corrected chi connectivity index (χ4v) is 4.69. The highest BCUT2D eigenvalue weighted by molar-refractivity contribution is 14.1.